The molecule has 1 radical (unpaired) electrons. The molecular formula is C30H39BCl3I4N4O4V-. The summed E-state index contributed by atoms with van der Waals surface area (Å²) in [5.41, 5.74) is 1.66. The van der Waals surface area contributed by atoms with Crippen LogP contribution in [0.4, 0.5) is 0 Å². The van der Waals surface area contributed by atoms with Crippen LogP contribution in [0.1, 0.15) is 41.0 Å². The summed E-state index contributed by atoms with van der Waals surface area (Å²) in [5.74, 6) is 1.86. The third-order valence-electron chi connectivity index (χ3n) is 4.43. The van der Waals surface area contributed by atoms with Gasteiger partial charge in [-0.1, -0.05) is 110 Å². The molecule has 0 fully saturated rings. The molecule has 0 saturated heterocycles. The Morgan fingerprint density at radius 2 is 1.19 bits per heavy atom. The van der Waals surface area contributed by atoms with Crippen LogP contribution in [0.2, 0.25) is 15.5 Å². The molecule has 0 spiro atoms. The second kappa shape index (κ2) is 34.8. The Morgan fingerprint density at radius 1 is 0.809 bits per heavy atom. The summed E-state index contributed by atoms with van der Waals surface area (Å²) in [6.45, 7) is 9.90. The zero-order valence-electron chi connectivity index (χ0n) is 25.8. The molecule has 1 atom stereocenters. The van der Waals surface area contributed by atoms with E-state index in [0.717, 1.165) is 27.4 Å². The van der Waals surface area contributed by atoms with Gasteiger partial charge in [-0.05, 0) is 30.7 Å². The number of halogens is 7. The van der Waals surface area contributed by atoms with Gasteiger partial charge in [-0.2, -0.15) is 6.42 Å². The van der Waals surface area contributed by atoms with Crippen molar-refractivity contribution in [1.82, 2.24) is 19.9 Å². The summed E-state index contributed by atoms with van der Waals surface area (Å²) in [5, 5.41) is 9.49. The Labute approximate surface area is 347 Å². The molecule has 4 rings (SSSR count). The maximum atomic E-state index is 8.34. The van der Waals surface area contributed by atoms with Gasteiger partial charge in [-0.25, -0.2) is 19.9 Å². The first kappa shape index (κ1) is 51.8. The van der Waals surface area contributed by atoms with Gasteiger partial charge in [0, 0.05) is 21.6 Å². The van der Waals surface area contributed by atoms with E-state index >= 15 is 0 Å². The van der Waals surface area contributed by atoms with Gasteiger partial charge in [0.25, 0.3) is 0 Å². The molecule has 2 aromatic carbocycles. The van der Waals surface area contributed by atoms with E-state index in [9.17, 15) is 0 Å². The maximum absolute atomic E-state index is 8.34. The summed E-state index contributed by atoms with van der Waals surface area (Å²) in [4.78, 5) is 14.9. The van der Waals surface area contributed by atoms with Gasteiger partial charge < -0.3 is 26.1 Å². The number of methoxy groups -OCH3 is 2. The Bertz CT molecular complexity index is 1310. The number of hydrogen-bond acceptors (Lipinski definition) is 8. The Morgan fingerprint density at radius 3 is 1.55 bits per heavy atom. The van der Waals surface area contributed by atoms with Crippen LogP contribution in [0.3, 0.4) is 0 Å². The number of benzene rings is 2. The summed E-state index contributed by atoms with van der Waals surface area (Å²) in [7, 11) is 3.79. The van der Waals surface area contributed by atoms with Crippen LogP contribution in [0.5, 0.6) is 17.2 Å². The standard InChI is InChI=1S/C11H9ClN2O.C7H8BO3.C4H2Cl2N2.C4H9I.C3H7.CH4.3HI.V/c1-15-10-5-3-2-4-8(10)9-6-11(12)14-7-13-9;1-10-6-4-2-3-5-7(6)11-8-9;5-3-1-4(6)8-2-7-3;1-3-4(2)5;1-3-2;;;;;/h2-7H,1H3;2-5,9H,1H3;1-2H;4H,3H2,1-2H3;1,3H2,2H3;1H4;3*1H;/q;;;;-1;;;;;+3/p-3. The van der Waals surface area contributed by atoms with E-state index in [4.69, 9.17) is 54.0 Å². The van der Waals surface area contributed by atoms with E-state index in [1.165, 1.54) is 25.1 Å². The van der Waals surface area contributed by atoms with E-state index < -0.39 is 0 Å². The van der Waals surface area contributed by atoms with Crippen molar-refractivity contribution in [1.29, 1.82) is 0 Å². The van der Waals surface area contributed by atoms with Crippen molar-refractivity contribution in [3.8, 4) is 28.5 Å². The zero-order valence-corrected chi connectivity index (χ0v) is 38.1. The summed E-state index contributed by atoms with van der Waals surface area (Å²) in [6.07, 6.45) is 5.04. The number of aromatic nitrogens is 4. The average Bonchev–Trinajstić information content (AvgIpc) is 3.02. The summed E-state index contributed by atoms with van der Waals surface area (Å²) in [6, 6.07) is 17.9. The number of para-hydroxylation sites is 3. The second-order valence-corrected chi connectivity index (χ2v) is 46.5. The number of alkyl halides is 1. The SMILES string of the molecule is C.CCC(C)I.COc1ccccc1-c1cc(Cl)ncn1.COc1ccccc1O[B]O.Clc1cc(Cl)ncn1.[CH2-]CC.[I][V]([I])[I]. The molecular weight excluding hydrogens is 1160 g/mol. The fourth-order valence-electron chi connectivity index (χ4n) is 2.42. The van der Waals surface area contributed by atoms with Crippen molar-refractivity contribution in [2.45, 2.75) is 45.0 Å². The number of hydrogen-bond donors (Lipinski definition) is 1. The van der Waals surface area contributed by atoms with Gasteiger partial charge in [0.1, 0.15) is 39.6 Å². The van der Waals surface area contributed by atoms with Crippen LogP contribution in [0.25, 0.3) is 11.3 Å². The van der Waals surface area contributed by atoms with Crippen molar-refractivity contribution < 1.29 is 24.1 Å². The van der Waals surface area contributed by atoms with Gasteiger partial charge >= 0.3 is 72.5 Å². The van der Waals surface area contributed by atoms with Crippen LogP contribution in [-0.4, -0.2) is 50.8 Å². The van der Waals surface area contributed by atoms with Crippen LogP contribution in [0, 0.1) is 6.92 Å². The van der Waals surface area contributed by atoms with Gasteiger partial charge in [-0.15, -0.1) is 0 Å². The average molecular weight is 1200 g/mol. The van der Waals surface area contributed by atoms with E-state index in [1.807, 2.05) is 37.3 Å². The van der Waals surface area contributed by atoms with Gasteiger partial charge in [0.2, 0.25) is 0 Å². The minimum atomic E-state index is -0.278. The van der Waals surface area contributed by atoms with E-state index in [-0.39, 0.29) is 12.3 Å². The summed E-state index contributed by atoms with van der Waals surface area (Å²) < 4.78 is 15.8. The third-order valence-corrected chi connectivity index (χ3v) is 5.93. The zero-order chi connectivity index (χ0) is 35.3. The predicted molar refractivity (Wildman–Crippen MR) is 231 cm³/mol. The van der Waals surface area contributed by atoms with Crippen molar-refractivity contribution in [3.05, 3.63) is 95.7 Å². The molecule has 17 heteroatoms. The Hall–Kier alpha value is 0.399. The van der Waals surface area contributed by atoms with Gasteiger partial charge in [0.05, 0.1) is 19.9 Å². The Kier molecular flexibility index (Phi) is 38.4. The topological polar surface area (TPSA) is 99.5 Å². The fourth-order valence-corrected chi connectivity index (χ4v) is 2.92. The minimum absolute atomic E-state index is 0. The molecule has 0 aliphatic heterocycles. The molecule has 1 N–H and O–H groups in total. The molecule has 2 aromatic heterocycles. The van der Waals surface area contributed by atoms with E-state index in [1.54, 1.807) is 38.5 Å². The molecule has 0 aliphatic rings. The normalized spacial score (nSPS) is 9.60. The van der Waals surface area contributed by atoms with Gasteiger partial charge in [0.15, 0.2) is 5.75 Å². The molecule has 47 heavy (non-hydrogen) atoms. The number of ether oxygens (including phenoxy) is 2. The second-order valence-electron chi connectivity index (χ2n) is 7.84. The molecule has 0 amide bonds. The fraction of sp³-hybridized carbons (Fsp3) is 0.300. The molecule has 1 unspecified atom stereocenters. The first-order chi connectivity index (χ1) is 21.9. The van der Waals surface area contributed by atoms with Crippen LogP contribution in [0.15, 0.2) is 73.3 Å². The molecule has 0 saturated carbocycles. The molecule has 0 bridgehead atoms. The van der Waals surface area contributed by atoms with Crippen molar-refractivity contribution >= 4 is 125 Å². The van der Waals surface area contributed by atoms with E-state index in [0.29, 0.717) is 34.6 Å². The van der Waals surface area contributed by atoms with Crippen LogP contribution >= 0.6 is 117 Å². The van der Waals surface area contributed by atoms with Crippen molar-refractivity contribution in [3.63, 3.8) is 0 Å². The molecule has 0 aliphatic carbocycles. The monoisotopic (exact) mass is 1190 g/mol. The van der Waals surface area contributed by atoms with Crippen molar-refractivity contribution in [2.24, 2.45) is 0 Å². The van der Waals surface area contributed by atoms with Crippen LogP contribution < -0.4 is 14.1 Å². The van der Waals surface area contributed by atoms with Crippen LogP contribution in [-0.2, 0) is 4.92 Å². The summed E-state index contributed by atoms with van der Waals surface area (Å²) >= 11 is 26.4. The molecule has 4 aromatic rings. The quantitative estimate of drug-likeness (QED) is 0.0670. The molecule has 261 valence electrons. The molecule has 8 nitrogen and oxygen atoms in total. The Balaban J connectivity index is -0.000000537. The number of rotatable bonds is 6. The number of nitrogens with zero attached hydrogens (tertiary/aromatic N) is 4. The third kappa shape index (κ3) is 29.8. The van der Waals surface area contributed by atoms with E-state index in [2.05, 4.69) is 123 Å². The predicted octanol–water partition coefficient (Wildman–Crippen LogP) is 11.9. The van der Waals surface area contributed by atoms with Crippen molar-refractivity contribution in [2.75, 3.05) is 14.2 Å². The first-order valence-electron chi connectivity index (χ1n) is 13.1. The molecule has 2 heterocycles. The first-order valence-corrected chi connectivity index (χ1v) is 29.0. The van der Waals surface area contributed by atoms with Gasteiger partial charge in [-0.3, -0.25) is 0 Å².